The van der Waals surface area contributed by atoms with Crippen molar-refractivity contribution in [2.45, 2.75) is 50.9 Å². The van der Waals surface area contributed by atoms with Crippen LogP contribution < -0.4 is 20.1 Å². The van der Waals surface area contributed by atoms with Crippen molar-refractivity contribution in [1.29, 1.82) is 0 Å². The smallest absolute Gasteiger partial charge is 0.252 e. The molecule has 1 aliphatic carbocycles. The molecule has 0 radical (unpaired) electrons. The molecule has 0 aromatic heterocycles. The van der Waals surface area contributed by atoms with Gasteiger partial charge in [-0.1, -0.05) is 54.4 Å². The fourth-order valence-electron chi connectivity index (χ4n) is 5.91. The average molecular weight is 661 g/mol. The highest BCUT2D eigenvalue weighted by Gasteiger charge is 2.41. The molecule has 2 heterocycles. The van der Waals surface area contributed by atoms with Gasteiger partial charge < -0.3 is 25.0 Å². The zero-order valence-corrected chi connectivity index (χ0v) is 26.2. The highest BCUT2D eigenvalue weighted by atomic mass is 35.5. The van der Waals surface area contributed by atoms with E-state index in [4.69, 9.17) is 32.7 Å². The molecule has 11 heteroatoms. The van der Waals surface area contributed by atoms with Crippen molar-refractivity contribution >= 4 is 34.7 Å². The van der Waals surface area contributed by atoms with Crippen molar-refractivity contribution in [1.82, 2.24) is 15.5 Å². The zero-order chi connectivity index (χ0) is 31.7. The summed E-state index contributed by atoms with van der Waals surface area (Å²) in [5, 5.41) is 8.04. The lowest BCUT2D eigenvalue weighted by Crippen LogP contribution is -2.60. The lowest BCUT2D eigenvalue weighted by Gasteiger charge is -2.41. The molecule has 1 saturated carbocycles. The molecule has 3 aliphatic rings. The SMILES string of the molecule is C[C@@H](COc1ccc(C2=C(C(=O)N(Cc3cccc(Cl)c3Cl)C3CC3)[C@@H]3CNCC(C2)N3)cc1)COc1c(F)ccc(F)c1F. The number of ether oxygens (including phenoxy) is 2. The van der Waals surface area contributed by atoms with Crippen LogP contribution in [0.15, 0.2) is 60.2 Å². The summed E-state index contributed by atoms with van der Waals surface area (Å²) in [4.78, 5) is 16.3. The highest BCUT2D eigenvalue weighted by molar-refractivity contribution is 6.42. The Morgan fingerprint density at radius 3 is 2.47 bits per heavy atom. The molecule has 3 aromatic carbocycles. The van der Waals surface area contributed by atoms with E-state index in [0.717, 1.165) is 53.8 Å². The first-order valence-corrected chi connectivity index (χ1v) is 15.9. The molecule has 2 N–H and O–H groups in total. The van der Waals surface area contributed by atoms with Crippen LogP contribution in [0.3, 0.4) is 0 Å². The molecule has 0 spiro atoms. The number of nitrogens with zero attached hydrogens (tertiary/aromatic N) is 1. The Balaban J connectivity index is 1.17. The summed E-state index contributed by atoms with van der Waals surface area (Å²) in [7, 11) is 0. The van der Waals surface area contributed by atoms with Crippen molar-refractivity contribution in [3.8, 4) is 11.5 Å². The number of fused-ring (bicyclic) bond motifs is 2. The number of benzene rings is 3. The Bertz CT molecular complexity index is 1600. The minimum atomic E-state index is -1.35. The predicted octanol–water partition coefficient (Wildman–Crippen LogP) is 6.78. The van der Waals surface area contributed by atoms with Crippen molar-refractivity contribution in [2.24, 2.45) is 5.92 Å². The van der Waals surface area contributed by atoms with E-state index in [1.165, 1.54) is 0 Å². The summed E-state index contributed by atoms with van der Waals surface area (Å²) in [6.45, 7) is 3.81. The van der Waals surface area contributed by atoms with E-state index >= 15 is 0 Å². The third-order valence-electron chi connectivity index (χ3n) is 8.40. The van der Waals surface area contributed by atoms with Gasteiger partial charge in [0, 0.05) is 43.2 Å². The van der Waals surface area contributed by atoms with E-state index < -0.39 is 23.2 Å². The fraction of sp³-hybridized carbons (Fsp3) is 0.382. The molecule has 2 fully saturated rings. The van der Waals surface area contributed by atoms with E-state index in [0.29, 0.717) is 35.3 Å². The Hall–Kier alpha value is -3.24. The van der Waals surface area contributed by atoms with Gasteiger partial charge in [0.05, 0.1) is 29.3 Å². The quantitative estimate of drug-likeness (QED) is 0.222. The number of carbonyl (C=O) groups excluding carboxylic acids is 1. The monoisotopic (exact) mass is 659 g/mol. The second-order valence-corrected chi connectivity index (χ2v) is 12.8. The molecule has 3 aromatic rings. The molecule has 2 bridgehead atoms. The van der Waals surface area contributed by atoms with Gasteiger partial charge in [0.1, 0.15) is 5.75 Å². The van der Waals surface area contributed by atoms with E-state index in [2.05, 4.69) is 10.6 Å². The van der Waals surface area contributed by atoms with Gasteiger partial charge in [-0.25, -0.2) is 8.78 Å². The van der Waals surface area contributed by atoms with Crippen molar-refractivity contribution in [3.63, 3.8) is 0 Å². The van der Waals surface area contributed by atoms with Gasteiger partial charge in [0.15, 0.2) is 17.4 Å². The zero-order valence-electron chi connectivity index (χ0n) is 24.7. The maximum atomic E-state index is 14.4. The number of rotatable bonds is 11. The van der Waals surface area contributed by atoms with E-state index in [-0.39, 0.29) is 43.2 Å². The van der Waals surface area contributed by atoms with Gasteiger partial charge in [-0.05, 0) is 66.3 Å². The molecule has 3 atom stereocenters. The lowest BCUT2D eigenvalue weighted by molar-refractivity contribution is -0.128. The van der Waals surface area contributed by atoms with Crippen LogP contribution >= 0.6 is 23.2 Å². The van der Waals surface area contributed by atoms with Crippen LogP contribution in [0.4, 0.5) is 13.2 Å². The van der Waals surface area contributed by atoms with Crippen LogP contribution in [0.25, 0.3) is 5.57 Å². The van der Waals surface area contributed by atoms with Gasteiger partial charge in [-0.15, -0.1) is 0 Å². The molecule has 1 saturated heterocycles. The van der Waals surface area contributed by atoms with Crippen molar-refractivity contribution in [3.05, 3.63) is 98.8 Å². The summed E-state index contributed by atoms with van der Waals surface area (Å²) < 4.78 is 52.4. The Labute approximate surface area is 270 Å². The second-order valence-electron chi connectivity index (χ2n) is 12.0. The molecule has 1 amide bonds. The molecular weight excluding hydrogens is 626 g/mol. The molecule has 238 valence electrons. The molecule has 6 nitrogen and oxygen atoms in total. The van der Waals surface area contributed by atoms with E-state index in [1.54, 1.807) is 13.0 Å². The summed E-state index contributed by atoms with van der Waals surface area (Å²) in [5.41, 5.74) is 3.56. The van der Waals surface area contributed by atoms with Gasteiger partial charge in [-0.3, -0.25) is 4.79 Å². The Morgan fingerprint density at radius 2 is 1.71 bits per heavy atom. The molecule has 1 unspecified atom stereocenters. The third-order valence-corrected chi connectivity index (χ3v) is 9.26. The van der Waals surface area contributed by atoms with Crippen LogP contribution in [-0.2, 0) is 11.3 Å². The number of nitrogens with one attached hydrogen (secondary N) is 2. The van der Waals surface area contributed by atoms with Crippen molar-refractivity contribution in [2.75, 3.05) is 26.3 Å². The van der Waals surface area contributed by atoms with Crippen LogP contribution in [0.5, 0.6) is 11.5 Å². The third kappa shape index (κ3) is 7.12. The predicted molar refractivity (Wildman–Crippen MR) is 168 cm³/mol. The van der Waals surface area contributed by atoms with Gasteiger partial charge in [0.2, 0.25) is 5.82 Å². The van der Waals surface area contributed by atoms with E-state index in [1.807, 2.05) is 41.3 Å². The van der Waals surface area contributed by atoms with Crippen LogP contribution in [0.2, 0.25) is 10.0 Å². The number of piperazine rings is 1. The molecule has 2 aliphatic heterocycles. The first-order chi connectivity index (χ1) is 21.7. The Morgan fingerprint density at radius 1 is 0.978 bits per heavy atom. The van der Waals surface area contributed by atoms with E-state index in [9.17, 15) is 18.0 Å². The van der Waals surface area contributed by atoms with Crippen LogP contribution in [0, 0.1) is 23.4 Å². The summed E-state index contributed by atoms with van der Waals surface area (Å²) in [6.07, 6.45) is 2.60. The van der Waals surface area contributed by atoms with Crippen molar-refractivity contribution < 1.29 is 27.4 Å². The molecule has 45 heavy (non-hydrogen) atoms. The number of carbonyl (C=O) groups is 1. The summed E-state index contributed by atoms with van der Waals surface area (Å²) >= 11 is 12.8. The summed E-state index contributed by atoms with van der Waals surface area (Å²) in [6, 6.07) is 14.9. The number of hydrogen-bond acceptors (Lipinski definition) is 5. The number of halogens is 5. The Kier molecular flexibility index (Phi) is 9.61. The number of amides is 1. The largest absolute Gasteiger partial charge is 0.493 e. The van der Waals surface area contributed by atoms with Gasteiger partial charge >= 0.3 is 0 Å². The minimum Gasteiger partial charge on any atom is -0.493 e. The normalized spacial score (nSPS) is 20.1. The topological polar surface area (TPSA) is 62.8 Å². The van der Waals surface area contributed by atoms with Crippen LogP contribution in [0.1, 0.15) is 37.3 Å². The second kappa shape index (κ2) is 13.6. The first kappa shape index (κ1) is 31.7. The number of hydrogen-bond donors (Lipinski definition) is 2. The molecular formula is C34H34Cl2F3N3O3. The maximum Gasteiger partial charge on any atom is 0.252 e. The summed E-state index contributed by atoms with van der Waals surface area (Å²) in [5.74, 6) is -3.85. The standard InChI is InChI=1S/C34H34Cl2F3N3O3/c1-19(18-45-33-28(38)12-11-27(37)32(33)39)17-44-24-9-5-20(6-10-24)25-13-22-14-40-15-29(41-22)30(25)34(43)42(23-7-8-23)16-21-3-2-4-26(35)31(21)36/h2-6,9-12,19,22-23,29,40-41H,7-8,13-18H2,1H3/t19-,22?,29-/m0/s1. The molecule has 6 rings (SSSR count). The average Bonchev–Trinajstić information content (AvgIpc) is 3.88. The fourth-order valence-corrected chi connectivity index (χ4v) is 6.29. The first-order valence-electron chi connectivity index (χ1n) is 15.1. The minimum absolute atomic E-state index is 0.00325. The van der Waals surface area contributed by atoms with Crippen LogP contribution in [-0.4, -0.2) is 55.2 Å². The lowest BCUT2D eigenvalue weighted by atomic mass is 9.83. The highest BCUT2D eigenvalue weighted by Crippen LogP contribution is 2.38. The van der Waals surface area contributed by atoms with Gasteiger partial charge in [0.25, 0.3) is 5.91 Å². The van der Waals surface area contributed by atoms with Gasteiger partial charge in [-0.2, -0.15) is 4.39 Å². The maximum absolute atomic E-state index is 14.4.